The van der Waals surface area contributed by atoms with Gasteiger partial charge in [0.15, 0.2) is 0 Å². The highest BCUT2D eigenvalue weighted by molar-refractivity contribution is 5.86. The van der Waals surface area contributed by atoms with Crippen LogP contribution in [0.3, 0.4) is 0 Å². The smallest absolute Gasteiger partial charge is 0.240 e. The molecule has 1 heterocycles. The van der Waals surface area contributed by atoms with Gasteiger partial charge in [-0.3, -0.25) is 4.79 Å². The van der Waals surface area contributed by atoms with Gasteiger partial charge in [0.25, 0.3) is 0 Å². The zero-order chi connectivity index (χ0) is 12.5. The Labute approximate surface area is 103 Å². The molecule has 1 unspecified atom stereocenters. The van der Waals surface area contributed by atoms with Crippen molar-refractivity contribution >= 4 is 5.91 Å². The summed E-state index contributed by atoms with van der Waals surface area (Å²) in [6, 6.07) is 0.276. The molecule has 2 rings (SSSR count). The molecule has 1 saturated heterocycles. The molecule has 0 aromatic carbocycles. The van der Waals surface area contributed by atoms with E-state index in [1.807, 2.05) is 0 Å². The lowest BCUT2D eigenvalue weighted by atomic mass is 9.85. The fourth-order valence-corrected chi connectivity index (χ4v) is 2.86. The highest BCUT2D eigenvalue weighted by Gasteiger charge is 2.41. The number of amides is 1. The minimum Gasteiger partial charge on any atom is -0.381 e. The zero-order valence-electron chi connectivity index (χ0n) is 10.9. The van der Waals surface area contributed by atoms with E-state index in [4.69, 9.17) is 10.5 Å². The van der Waals surface area contributed by atoms with E-state index in [0.717, 1.165) is 6.42 Å². The second-order valence-electron chi connectivity index (χ2n) is 6.18. The van der Waals surface area contributed by atoms with Gasteiger partial charge in [-0.1, -0.05) is 20.3 Å². The van der Waals surface area contributed by atoms with Crippen LogP contribution in [0, 0.1) is 5.41 Å². The molecular formula is C13H24N2O2. The molecule has 0 radical (unpaired) electrons. The summed E-state index contributed by atoms with van der Waals surface area (Å²) in [5, 5.41) is 3.16. The first kappa shape index (κ1) is 12.8. The van der Waals surface area contributed by atoms with Crippen molar-refractivity contribution in [2.45, 2.75) is 57.5 Å². The van der Waals surface area contributed by atoms with Crippen molar-refractivity contribution in [1.82, 2.24) is 5.32 Å². The molecule has 4 nitrogen and oxygen atoms in total. The third kappa shape index (κ3) is 2.63. The van der Waals surface area contributed by atoms with Crippen molar-refractivity contribution in [2.24, 2.45) is 11.1 Å². The van der Waals surface area contributed by atoms with E-state index < -0.39 is 5.54 Å². The van der Waals surface area contributed by atoms with Crippen LogP contribution in [0.4, 0.5) is 0 Å². The first-order valence-electron chi connectivity index (χ1n) is 6.62. The number of ether oxygens (including phenoxy) is 1. The van der Waals surface area contributed by atoms with Crippen LogP contribution in [-0.2, 0) is 9.53 Å². The van der Waals surface area contributed by atoms with Gasteiger partial charge in [-0.15, -0.1) is 0 Å². The molecule has 1 aliphatic heterocycles. The summed E-state index contributed by atoms with van der Waals surface area (Å²) in [5.74, 6) is 0.0146. The minimum absolute atomic E-state index is 0.0146. The summed E-state index contributed by atoms with van der Waals surface area (Å²) in [4.78, 5) is 12.3. The minimum atomic E-state index is -0.711. The van der Waals surface area contributed by atoms with Gasteiger partial charge < -0.3 is 15.8 Å². The summed E-state index contributed by atoms with van der Waals surface area (Å²) in [6.45, 7) is 5.63. The summed E-state index contributed by atoms with van der Waals surface area (Å²) in [5.41, 5.74) is 5.67. The van der Waals surface area contributed by atoms with E-state index in [0.29, 0.717) is 26.1 Å². The number of nitrogens with two attached hydrogens (primary N) is 1. The Morgan fingerprint density at radius 1 is 1.29 bits per heavy atom. The van der Waals surface area contributed by atoms with Crippen LogP contribution in [0.5, 0.6) is 0 Å². The molecule has 1 saturated carbocycles. The number of hydrogen-bond donors (Lipinski definition) is 2. The number of rotatable bonds is 2. The van der Waals surface area contributed by atoms with Gasteiger partial charge in [-0.05, 0) is 31.1 Å². The molecule has 17 heavy (non-hydrogen) atoms. The van der Waals surface area contributed by atoms with Crippen molar-refractivity contribution in [1.29, 1.82) is 0 Å². The first-order chi connectivity index (χ1) is 7.94. The monoisotopic (exact) mass is 240 g/mol. The molecule has 1 aliphatic carbocycles. The molecule has 0 spiro atoms. The fraction of sp³-hybridized carbons (Fsp3) is 0.923. The van der Waals surface area contributed by atoms with Crippen LogP contribution in [0.1, 0.15) is 46.0 Å². The summed E-state index contributed by atoms with van der Waals surface area (Å²) >= 11 is 0. The van der Waals surface area contributed by atoms with E-state index in [1.54, 1.807) is 0 Å². The van der Waals surface area contributed by atoms with Gasteiger partial charge in [0.2, 0.25) is 5.91 Å². The Kier molecular flexibility index (Phi) is 3.46. The number of carbonyl (C=O) groups excluding carboxylic acids is 1. The van der Waals surface area contributed by atoms with E-state index in [-0.39, 0.29) is 17.4 Å². The summed E-state index contributed by atoms with van der Waals surface area (Å²) < 4.78 is 5.27. The average molecular weight is 240 g/mol. The van der Waals surface area contributed by atoms with E-state index >= 15 is 0 Å². The van der Waals surface area contributed by atoms with Gasteiger partial charge in [0, 0.05) is 19.3 Å². The van der Waals surface area contributed by atoms with E-state index in [1.165, 1.54) is 12.8 Å². The van der Waals surface area contributed by atoms with Gasteiger partial charge in [0.1, 0.15) is 0 Å². The topological polar surface area (TPSA) is 64.4 Å². The molecule has 0 aromatic heterocycles. The van der Waals surface area contributed by atoms with Crippen LogP contribution < -0.4 is 11.1 Å². The fourth-order valence-electron chi connectivity index (χ4n) is 2.86. The van der Waals surface area contributed by atoms with Gasteiger partial charge in [-0.2, -0.15) is 0 Å². The van der Waals surface area contributed by atoms with Crippen LogP contribution in [0.25, 0.3) is 0 Å². The molecule has 0 bridgehead atoms. The SMILES string of the molecule is CC1(C)CCCC1NC(=O)C1(N)CCOCC1. The van der Waals surface area contributed by atoms with Crippen molar-refractivity contribution < 1.29 is 9.53 Å². The largest absolute Gasteiger partial charge is 0.381 e. The van der Waals surface area contributed by atoms with Gasteiger partial charge in [0.05, 0.1) is 5.54 Å². The standard InChI is InChI=1S/C13H24N2O2/c1-12(2)5-3-4-10(12)15-11(16)13(14)6-8-17-9-7-13/h10H,3-9,14H2,1-2H3,(H,15,16). The number of carbonyl (C=O) groups is 1. The maximum atomic E-state index is 12.3. The molecular weight excluding hydrogens is 216 g/mol. The van der Waals surface area contributed by atoms with Crippen LogP contribution in [0.15, 0.2) is 0 Å². The van der Waals surface area contributed by atoms with Crippen molar-refractivity contribution in [3.05, 3.63) is 0 Å². The van der Waals surface area contributed by atoms with Gasteiger partial charge >= 0.3 is 0 Å². The lowest BCUT2D eigenvalue weighted by Gasteiger charge is -2.35. The van der Waals surface area contributed by atoms with Crippen molar-refractivity contribution in [3.63, 3.8) is 0 Å². The third-order valence-electron chi connectivity index (χ3n) is 4.40. The molecule has 98 valence electrons. The van der Waals surface area contributed by atoms with Crippen molar-refractivity contribution in [3.8, 4) is 0 Å². The summed E-state index contributed by atoms with van der Waals surface area (Å²) in [6.07, 6.45) is 4.71. The van der Waals surface area contributed by atoms with Gasteiger partial charge in [-0.25, -0.2) is 0 Å². The quantitative estimate of drug-likeness (QED) is 0.762. The Morgan fingerprint density at radius 3 is 2.47 bits per heavy atom. The summed E-state index contributed by atoms with van der Waals surface area (Å²) in [7, 11) is 0. The Hall–Kier alpha value is -0.610. The lowest BCUT2D eigenvalue weighted by molar-refractivity contribution is -0.131. The Balaban J connectivity index is 1.96. The predicted octanol–water partition coefficient (Wildman–Crippen LogP) is 1.19. The second kappa shape index (κ2) is 4.58. The van der Waals surface area contributed by atoms with E-state index in [9.17, 15) is 4.79 Å². The zero-order valence-corrected chi connectivity index (χ0v) is 10.9. The molecule has 1 amide bonds. The van der Waals surface area contributed by atoms with Crippen LogP contribution in [0.2, 0.25) is 0 Å². The van der Waals surface area contributed by atoms with Crippen LogP contribution in [-0.4, -0.2) is 30.7 Å². The normalized spacial score (nSPS) is 31.1. The number of hydrogen-bond acceptors (Lipinski definition) is 3. The molecule has 4 heteroatoms. The van der Waals surface area contributed by atoms with Crippen molar-refractivity contribution in [2.75, 3.05) is 13.2 Å². The lowest BCUT2D eigenvalue weighted by Crippen LogP contribution is -2.59. The maximum absolute atomic E-state index is 12.3. The van der Waals surface area contributed by atoms with Crippen LogP contribution >= 0.6 is 0 Å². The Bertz CT molecular complexity index is 296. The molecule has 2 fully saturated rings. The Morgan fingerprint density at radius 2 is 1.94 bits per heavy atom. The molecule has 3 N–H and O–H groups in total. The predicted molar refractivity (Wildman–Crippen MR) is 66.5 cm³/mol. The second-order valence-corrected chi connectivity index (χ2v) is 6.18. The third-order valence-corrected chi connectivity index (χ3v) is 4.40. The highest BCUT2D eigenvalue weighted by Crippen LogP contribution is 2.37. The molecule has 2 aliphatic rings. The maximum Gasteiger partial charge on any atom is 0.240 e. The molecule has 1 atom stereocenters. The average Bonchev–Trinajstić information content (AvgIpc) is 2.59. The highest BCUT2D eigenvalue weighted by atomic mass is 16.5. The molecule has 0 aromatic rings. The van der Waals surface area contributed by atoms with E-state index in [2.05, 4.69) is 19.2 Å². The number of nitrogens with one attached hydrogen (secondary N) is 1. The first-order valence-corrected chi connectivity index (χ1v) is 6.62.